The van der Waals surface area contributed by atoms with Crippen LogP contribution in [0, 0.1) is 30.6 Å². The molecule has 1 N–H and O–H groups in total. The quantitative estimate of drug-likeness (QED) is 0.0532. The Bertz CT molecular complexity index is 709. The van der Waals surface area contributed by atoms with Crippen LogP contribution < -0.4 is 0 Å². The summed E-state index contributed by atoms with van der Waals surface area (Å²) in [5.74, 6) is 4.68. The molecule has 1 amide bonds. The molecule has 0 saturated heterocycles. The van der Waals surface area contributed by atoms with Crippen molar-refractivity contribution in [2.45, 2.75) is 167 Å². The van der Waals surface area contributed by atoms with Gasteiger partial charge in [-0.3, -0.25) is 9.59 Å². The first-order valence-corrected chi connectivity index (χ1v) is 17.1. The van der Waals surface area contributed by atoms with Crippen LogP contribution in [0.25, 0.3) is 0 Å². The molecule has 0 radical (unpaired) electrons. The van der Waals surface area contributed by atoms with Crippen LogP contribution in [0.5, 0.6) is 0 Å². The van der Waals surface area contributed by atoms with Gasteiger partial charge in [0.05, 0.1) is 5.92 Å². The lowest BCUT2D eigenvalue weighted by molar-refractivity contribution is -0.137. The molecule has 0 aromatic heterocycles. The Kier molecular flexibility index (Phi) is 29.1. The molecule has 0 heterocycles. The standard InChI is InChI=1S/C37H63NO3/c1-4-7-10-11-12-13-14-15-16-17-18-19-20-21-22-25-30-35(31-26-23-24-27-32-36(39)40)37(41)38(33-28-8-5-2)34-29-9-6-3/h2-3,25,30,35H,4,7-24,26-29,31-34H2,1H3,(H,39,40)/b30-25-. The number of carbonyl (C=O) groups is 2. The summed E-state index contributed by atoms with van der Waals surface area (Å²) in [4.78, 5) is 26.2. The Morgan fingerprint density at radius 3 is 1.63 bits per heavy atom. The smallest absolute Gasteiger partial charge is 0.303 e. The fourth-order valence-electron chi connectivity index (χ4n) is 5.32. The van der Waals surface area contributed by atoms with Crippen molar-refractivity contribution in [2.75, 3.05) is 13.1 Å². The van der Waals surface area contributed by atoms with Crippen molar-refractivity contribution in [1.29, 1.82) is 0 Å². The van der Waals surface area contributed by atoms with Crippen molar-refractivity contribution < 1.29 is 14.7 Å². The number of unbranched alkanes of at least 4 members (excludes halogenated alkanes) is 19. The second-order valence-electron chi connectivity index (χ2n) is 11.7. The van der Waals surface area contributed by atoms with Gasteiger partial charge in [-0.2, -0.15) is 0 Å². The first kappa shape index (κ1) is 38.8. The molecule has 0 bridgehead atoms. The van der Waals surface area contributed by atoms with Gasteiger partial charge in [-0.1, -0.05) is 122 Å². The van der Waals surface area contributed by atoms with Crippen molar-refractivity contribution in [1.82, 2.24) is 4.90 Å². The van der Waals surface area contributed by atoms with Crippen LogP contribution in [0.1, 0.15) is 167 Å². The van der Waals surface area contributed by atoms with Gasteiger partial charge in [0.2, 0.25) is 5.91 Å². The average Bonchev–Trinajstić information content (AvgIpc) is 2.96. The molecule has 234 valence electrons. The highest BCUT2D eigenvalue weighted by atomic mass is 16.4. The molecule has 0 fully saturated rings. The van der Waals surface area contributed by atoms with E-state index in [0.717, 1.165) is 44.9 Å². The molecule has 0 aromatic carbocycles. The average molecular weight is 570 g/mol. The molecule has 0 aromatic rings. The van der Waals surface area contributed by atoms with Crippen molar-refractivity contribution in [3.05, 3.63) is 12.2 Å². The zero-order chi connectivity index (χ0) is 30.2. The summed E-state index contributed by atoms with van der Waals surface area (Å²) in [5.41, 5.74) is 0. The number of nitrogens with zero attached hydrogens (tertiary/aromatic N) is 1. The maximum absolute atomic E-state index is 13.5. The molecule has 4 nitrogen and oxygen atoms in total. The van der Waals surface area contributed by atoms with E-state index in [1.165, 1.54) is 89.9 Å². The third kappa shape index (κ3) is 26.4. The summed E-state index contributed by atoms with van der Waals surface area (Å²) in [6.45, 7) is 3.63. The summed E-state index contributed by atoms with van der Waals surface area (Å²) < 4.78 is 0. The number of carboxylic acids is 1. The van der Waals surface area contributed by atoms with Crippen LogP contribution in [0.4, 0.5) is 0 Å². The Balaban J connectivity index is 4.45. The number of carbonyl (C=O) groups excluding carboxylic acids is 1. The van der Waals surface area contributed by atoms with Crippen LogP contribution in [0.2, 0.25) is 0 Å². The third-order valence-corrected chi connectivity index (χ3v) is 7.88. The van der Waals surface area contributed by atoms with E-state index in [9.17, 15) is 9.59 Å². The largest absolute Gasteiger partial charge is 0.481 e. The minimum absolute atomic E-state index is 0.127. The molecule has 1 unspecified atom stereocenters. The van der Waals surface area contributed by atoms with Gasteiger partial charge >= 0.3 is 5.97 Å². The second kappa shape index (κ2) is 30.8. The van der Waals surface area contributed by atoms with E-state index in [1.807, 2.05) is 4.90 Å². The molecular weight excluding hydrogens is 506 g/mol. The Morgan fingerprint density at radius 1 is 0.683 bits per heavy atom. The maximum atomic E-state index is 13.5. The molecule has 4 heteroatoms. The van der Waals surface area contributed by atoms with Gasteiger partial charge in [0.15, 0.2) is 0 Å². The van der Waals surface area contributed by atoms with Gasteiger partial charge in [-0.15, -0.1) is 24.7 Å². The number of hydrogen-bond acceptors (Lipinski definition) is 2. The molecule has 41 heavy (non-hydrogen) atoms. The number of allylic oxidation sites excluding steroid dienone is 1. The highest BCUT2D eigenvalue weighted by molar-refractivity contribution is 5.80. The van der Waals surface area contributed by atoms with Crippen LogP contribution in [-0.2, 0) is 9.59 Å². The zero-order valence-corrected chi connectivity index (χ0v) is 26.7. The summed E-state index contributed by atoms with van der Waals surface area (Å²) in [7, 11) is 0. The Labute approximate surface area is 254 Å². The molecule has 0 spiro atoms. The van der Waals surface area contributed by atoms with Crippen LogP contribution in [0.15, 0.2) is 12.2 Å². The second-order valence-corrected chi connectivity index (χ2v) is 11.7. The van der Waals surface area contributed by atoms with Crippen molar-refractivity contribution in [3.8, 4) is 24.7 Å². The molecule has 0 rings (SSSR count). The normalized spacial score (nSPS) is 11.8. The summed E-state index contributed by atoms with van der Waals surface area (Å²) in [6, 6.07) is 0. The van der Waals surface area contributed by atoms with E-state index in [1.54, 1.807) is 0 Å². The Morgan fingerprint density at radius 2 is 1.15 bits per heavy atom. The zero-order valence-electron chi connectivity index (χ0n) is 26.7. The number of amides is 1. The monoisotopic (exact) mass is 569 g/mol. The molecule has 0 aliphatic carbocycles. The van der Waals surface area contributed by atoms with Gasteiger partial charge < -0.3 is 10.0 Å². The fraction of sp³-hybridized carbons (Fsp3) is 0.784. The predicted octanol–water partition coefficient (Wildman–Crippen LogP) is 10.1. The lowest BCUT2D eigenvalue weighted by Crippen LogP contribution is -2.37. The number of rotatable bonds is 30. The van der Waals surface area contributed by atoms with Crippen molar-refractivity contribution >= 4 is 11.9 Å². The van der Waals surface area contributed by atoms with E-state index >= 15 is 0 Å². The summed E-state index contributed by atoms with van der Waals surface area (Å²) in [5, 5.41) is 8.85. The number of terminal acetylenes is 2. The number of hydrogen-bond donors (Lipinski definition) is 1. The van der Waals surface area contributed by atoms with Crippen LogP contribution >= 0.6 is 0 Å². The maximum Gasteiger partial charge on any atom is 0.303 e. The number of aliphatic carboxylic acids is 1. The molecule has 0 saturated carbocycles. The van der Waals surface area contributed by atoms with Crippen LogP contribution in [-0.4, -0.2) is 35.0 Å². The first-order chi connectivity index (χ1) is 20.1. The summed E-state index contributed by atoms with van der Waals surface area (Å²) in [6.07, 6.45) is 42.8. The molecule has 0 aliphatic heterocycles. The lowest BCUT2D eigenvalue weighted by atomic mass is 9.97. The van der Waals surface area contributed by atoms with E-state index < -0.39 is 5.97 Å². The van der Waals surface area contributed by atoms with Gasteiger partial charge in [-0.05, 0) is 38.5 Å². The van der Waals surface area contributed by atoms with Gasteiger partial charge in [0.25, 0.3) is 0 Å². The molecule has 0 aliphatic rings. The van der Waals surface area contributed by atoms with E-state index in [-0.39, 0.29) is 18.2 Å². The van der Waals surface area contributed by atoms with Gasteiger partial charge in [-0.25, -0.2) is 0 Å². The molecule has 1 atom stereocenters. The predicted molar refractivity (Wildman–Crippen MR) is 176 cm³/mol. The number of carboxylic acid groups (broad SMARTS) is 1. The van der Waals surface area contributed by atoms with E-state index in [4.69, 9.17) is 18.0 Å². The minimum Gasteiger partial charge on any atom is -0.481 e. The molecular formula is C37H63NO3. The topological polar surface area (TPSA) is 57.6 Å². The Hall–Kier alpha value is -2.20. The highest BCUT2D eigenvalue weighted by Crippen LogP contribution is 2.19. The van der Waals surface area contributed by atoms with Crippen molar-refractivity contribution in [2.24, 2.45) is 5.92 Å². The van der Waals surface area contributed by atoms with Gasteiger partial charge in [0, 0.05) is 32.4 Å². The SMILES string of the molecule is C#CCCCN(CCCC#C)C(=O)C(/C=C\CCCCCCCCCCCCCCCC)CCCCCCC(=O)O. The fourth-order valence-corrected chi connectivity index (χ4v) is 5.32. The third-order valence-electron chi connectivity index (χ3n) is 7.88. The lowest BCUT2D eigenvalue weighted by Gasteiger charge is -2.26. The highest BCUT2D eigenvalue weighted by Gasteiger charge is 2.21. The van der Waals surface area contributed by atoms with Crippen LogP contribution in [0.3, 0.4) is 0 Å². The van der Waals surface area contributed by atoms with E-state index in [0.29, 0.717) is 32.4 Å². The first-order valence-electron chi connectivity index (χ1n) is 17.1. The summed E-state index contributed by atoms with van der Waals surface area (Å²) >= 11 is 0. The van der Waals surface area contributed by atoms with Crippen molar-refractivity contribution in [3.63, 3.8) is 0 Å². The minimum atomic E-state index is -0.737. The van der Waals surface area contributed by atoms with E-state index in [2.05, 4.69) is 30.9 Å². The van der Waals surface area contributed by atoms with Gasteiger partial charge in [0.1, 0.15) is 0 Å².